The number of nitrogens with zero attached hydrogens (tertiary/aromatic N) is 1. The van der Waals surface area contributed by atoms with Crippen LogP contribution in [0.2, 0.25) is 0 Å². The number of amides is 1. The SMILES string of the molecule is COc1ccc(C2CCN(C(=O)c3sc4cccc(F)c4c3C)C2)cc1. The van der Waals surface area contributed by atoms with Crippen molar-refractivity contribution in [1.82, 2.24) is 4.90 Å². The van der Waals surface area contributed by atoms with Crippen LogP contribution in [0.5, 0.6) is 5.75 Å². The van der Waals surface area contributed by atoms with Crippen LogP contribution in [0.15, 0.2) is 42.5 Å². The van der Waals surface area contributed by atoms with Crippen molar-refractivity contribution < 1.29 is 13.9 Å². The molecule has 0 spiro atoms. The third-order valence-electron chi connectivity index (χ3n) is 5.16. The van der Waals surface area contributed by atoms with Gasteiger partial charge in [0.1, 0.15) is 11.6 Å². The summed E-state index contributed by atoms with van der Waals surface area (Å²) in [5.74, 6) is 0.922. The molecule has 4 rings (SSSR count). The molecule has 3 nitrogen and oxygen atoms in total. The predicted octanol–water partition coefficient (Wildman–Crippen LogP) is 4.99. The van der Waals surface area contributed by atoms with Gasteiger partial charge in [0, 0.05) is 29.1 Å². The van der Waals surface area contributed by atoms with Crippen LogP contribution >= 0.6 is 11.3 Å². The maximum atomic E-state index is 14.1. The molecule has 26 heavy (non-hydrogen) atoms. The first-order chi connectivity index (χ1) is 12.6. The average Bonchev–Trinajstić information content (AvgIpc) is 3.27. The van der Waals surface area contributed by atoms with Crippen LogP contribution in [0.3, 0.4) is 0 Å². The van der Waals surface area contributed by atoms with Crippen LogP contribution < -0.4 is 4.74 Å². The number of halogens is 1. The molecule has 1 saturated heterocycles. The van der Waals surface area contributed by atoms with E-state index in [9.17, 15) is 9.18 Å². The summed E-state index contributed by atoms with van der Waals surface area (Å²) in [6, 6.07) is 13.1. The number of thiophene rings is 1. The summed E-state index contributed by atoms with van der Waals surface area (Å²) in [7, 11) is 1.65. The highest BCUT2D eigenvalue weighted by Crippen LogP contribution is 2.35. The van der Waals surface area contributed by atoms with Gasteiger partial charge >= 0.3 is 0 Å². The van der Waals surface area contributed by atoms with E-state index in [1.165, 1.54) is 23.0 Å². The van der Waals surface area contributed by atoms with Crippen LogP contribution in [-0.2, 0) is 0 Å². The number of carbonyl (C=O) groups is 1. The van der Waals surface area contributed by atoms with Crippen molar-refractivity contribution in [3.63, 3.8) is 0 Å². The smallest absolute Gasteiger partial charge is 0.264 e. The van der Waals surface area contributed by atoms with Crippen LogP contribution in [-0.4, -0.2) is 31.0 Å². The van der Waals surface area contributed by atoms with Crippen molar-refractivity contribution in [3.8, 4) is 5.75 Å². The van der Waals surface area contributed by atoms with Gasteiger partial charge in [0.15, 0.2) is 0 Å². The number of fused-ring (bicyclic) bond motifs is 1. The van der Waals surface area contributed by atoms with Crippen molar-refractivity contribution in [2.75, 3.05) is 20.2 Å². The first kappa shape index (κ1) is 17.0. The van der Waals surface area contributed by atoms with E-state index in [0.717, 1.165) is 29.0 Å². The molecular formula is C21H20FNO2S. The number of ether oxygens (including phenoxy) is 1. The second-order valence-electron chi connectivity index (χ2n) is 6.68. The molecule has 1 aliphatic heterocycles. The molecule has 0 N–H and O–H groups in total. The molecule has 1 atom stereocenters. The number of rotatable bonds is 3. The Hall–Kier alpha value is -2.40. The highest BCUT2D eigenvalue weighted by atomic mass is 32.1. The molecule has 0 saturated carbocycles. The molecular weight excluding hydrogens is 349 g/mol. The topological polar surface area (TPSA) is 29.5 Å². The van der Waals surface area contributed by atoms with Crippen LogP contribution in [0, 0.1) is 12.7 Å². The maximum absolute atomic E-state index is 14.1. The van der Waals surface area contributed by atoms with Crippen molar-refractivity contribution in [2.45, 2.75) is 19.3 Å². The monoisotopic (exact) mass is 369 g/mol. The van der Waals surface area contributed by atoms with Gasteiger partial charge in [-0.15, -0.1) is 11.3 Å². The molecule has 0 bridgehead atoms. The van der Waals surface area contributed by atoms with Crippen LogP contribution in [0.1, 0.15) is 33.1 Å². The number of carbonyl (C=O) groups excluding carboxylic acids is 1. The number of aryl methyl sites for hydroxylation is 1. The number of hydrogen-bond donors (Lipinski definition) is 0. The Morgan fingerprint density at radius 1 is 1.23 bits per heavy atom. The van der Waals surface area contributed by atoms with E-state index < -0.39 is 0 Å². The number of methoxy groups -OCH3 is 1. The van der Waals surface area contributed by atoms with E-state index in [0.29, 0.717) is 22.7 Å². The summed E-state index contributed by atoms with van der Waals surface area (Å²) < 4.78 is 20.2. The molecule has 1 unspecified atom stereocenters. The predicted molar refractivity (Wildman–Crippen MR) is 103 cm³/mol. The zero-order valence-electron chi connectivity index (χ0n) is 14.8. The van der Waals surface area contributed by atoms with E-state index >= 15 is 0 Å². The fourth-order valence-corrected chi connectivity index (χ4v) is 4.88. The third kappa shape index (κ3) is 2.86. The fourth-order valence-electron chi connectivity index (χ4n) is 3.69. The van der Waals surface area contributed by atoms with Gasteiger partial charge in [0.2, 0.25) is 0 Å². The second kappa shape index (κ2) is 6.72. The van der Waals surface area contributed by atoms with E-state index in [2.05, 4.69) is 12.1 Å². The molecule has 2 heterocycles. The highest BCUT2D eigenvalue weighted by molar-refractivity contribution is 7.21. The summed E-state index contributed by atoms with van der Waals surface area (Å²) in [5, 5.41) is 0.576. The van der Waals surface area contributed by atoms with Crippen molar-refractivity contribution >= 4 is 27.3 Å². The van der Waals surface area contributed by atoms with E-state index in [1.54, 1.807) is 13.2 Å². The fraction of sp³-hybridized carbons (Fsp3) is 0.286. The lowest BCUT2D eigenvalue weighted by atomic mass is 9.98. The molecule has 0 aliphatic carbocycles. The first-order valence-electron chi connectivity index (χ1n) is 8.69. The van der Waals surface area contributed by atoms with Crippen LogP contribution in [0.4, 0.5) is 4.39 Å². The van der Waals surface area contributed by atoms with Gasteiger partial charge in [-0.25, -0.2) is 4.39 Å². The molecule has 5 heteroatoms. The van der Waals surface area contributed by atoms with E-state index in [-0.39, 0.29) is 11.7 Å². The van der Waals surface area contributed by atoms with E-state index in [1.807, 2.05) is 30.0 Å². The lowest BCUT2D eigenvalue weighted by Gasteiger charge is -2.16. The van der Waals surface area contributed by atoms with Gasteiger partial charge in [-0.05, 0) is 48.7 Å². The van der Waals surface area contributed by atoms with Crippen LogP contribution in [0.25, 0.3) is 10.1 Å². The van der Waals surface area contributed by atoms with Gasteiger partial charge in [-0.2, -0.15) is 0 Å². The Morgan fingerprint density at radius 2 is 2.00 bits per heavy atom. The molecule has 0 radical (unpaired) electrons. The summed E-state index contributed by atoms with van der Waals surface area (Å²) >= 11 is 1.39. The Bertz CT molecular complexity index is 964. The molecule has 3 aromatic rings. The minimum absolute atomic E-state index is 0.0131. The zero-order valence-corrected chi connectivity index (χ0v) is 15.6. The largest absolute Gasteiger partial charge is 0.497 e. The molecule has 134 valence electrons. The van der Waals surface area contributed by atoms with Crippen molar-refractivity contribution in [1.29, 1.82) is 0 Å². The number of likely N-dealkylation sites (tertiary alicyclic amines) is 1. The Labute approximate surface area is 156 Å². The Kier molecular flexibility index (Phi) is 4.41. The first-order valence-corrected chi connectivity index (χ1v) is 9.51. The maximum Gasteiger partial charge on any atom is 0.264 e. The highest BCUT2D eigenvalue weighted by Gasteiger charge is 2.30. The van der Waals surface area contributed by atoms with Crippen molar-refractivity contribution in [2.24, 2.45) is 0 Å². The summed E-state index contributed by atoms with van der Waals surface area (Å²) in [6.45, 7) is 3.26. The third-order valence-corrected chi connectivity index (χ3v) is 6.40. The normalized spacial score (nSPS) is 17.0. The lowest BCUT2D eigenvalue weighted by Crippen LogP contribution is -2.28. The summed E-state index contributed by atoms with van der Waals surface area (Å²) in [6.07, 6.45) is 0.941. The number of hydrogen-bond acceptors (Lipinski definition) is 3. The van der Waals surface area contributed by atoms with Gasteiger partial charge in [-0.1, -0.05) is 18.2 Å². The van der Waals surface area contributed by atoms with Crippen molar-refractivity contribution in [3.05, 3.63) is 64.3 Å². The van der Waals surface area contributed by atoms with Gasteiger partial charge in [0.05, 0.1) is 12.0 Å². The van der Waals surface area contributed by atoms with Gasteiger partial charge in [0.25, 0.3) is 5.91 Å². The zero-order chi connectivity index (χ0) is 18.3. The average molecular weight is 369 g/mol. The quantitative estimate of drug-likeness (QED) is 0.651. The Morgan fingerprint density at radius 3 is 2.69 bits per heavy atom. The molecule has 1 fully saturated rings. The second-order valence-corrected chi connectivity index (χ2v) is 7.73. The minimum atomic E-state index is -0.257. The molecule has 1 amide bonds. The molecule has 2 aromatic carbocycles. The number of benzene rings is 2. The van der Waals surface area contributed by atoms with E-state index in [4.69, 9.17) is 4.74 Å². The molecule has 1 aliphatic rings. The molecule has 1 aromatic heterocycles. The standard InChI is InChI=1S/C21H20FNO2S/c1-13-19-17(22)4-3-5-18(19)26-20(13)21(24)23-11-10-15(12-23)14-6-8-16(25-2)9-7-14/h3-9,15H,10-12H2,1-2H3. The van der Waals surface area contributed by atoms with Gasteiger partial charge < -0.3 is 9.64 Å². The Balaban J connectivity index is 1.56. The summed E-state index contributed by atoms with van der Waals surface area (Å²) in [5.41, 5.74) is 1.97. The lowest BCUT2D eigenvalue weighted by molar-refractivity contribution is 0.0795. The summed E-state index contributed by atoms with van der Waals surface area (Å²) in [4.78, 5) is 15.6. The minimum Gasteiger partial charge on any atom is -0.497 e. The van der Waals surface area contributed by atoms with Gasteiger partial charge in [-0.3, -0.25) is 4.79 Å².